The number of aliphatic carboxylic acids is 1. The predicted octanol–water partition coefficient (Wildman–Crippen LogP) is 4.95. The van der Waals surface area contributed by atoms with Gasteiger partial charge in [-0.25, -0.2) is 4.79 Å². The number of hydrogen-bond acceptors (Lipinski definition) is 3. The van der Waals surface area contributed by atoms with E-state index in [2.05, 4.69) is 6.92 Å². The Morgan fingerprint density at radius 3 is 1.93 bits per heavy atom. The summed E-state index contributed by atoms with van der Waals surface area (Å²) in [5.41, 5.74) is 0. The Hall–Kier alpha value is -1.36. The number of allylic oxidation sites excluding steroid dienone is 1. The molecule has 27 heavy (non-hydrogen) atoms. The summed E-state index contributed by atoms with van der Waals surface area (Å²) in [6.07, 6.45) is 16.3. The highest BCUT2D eigenvalue weighted by Gasteiger charge is 2.23. The average Bonchev–Trinajstić information content (AvgIpc) is 2.53. The Balaban J connectivity index is 3.82. The molecule has 158 valence electrons. The van der Waals surface area contributed by atoms with E-state index in [0.717, 1.165) is 12.8 Å². The zero-order valence-corrected chi connectivity index (χ0v) is 18.0. The van der Waals surface area contributed by atoms with E-state index in [1.54, 1.807) is 0 Å². The van der Waals surface area contributed by atoms with Crippen molar-refractivity contribution in [3.05, 3.63) is 12.2 Å². The summed E-state index contributed by atoms with van der Waals surface area (Å²) in [7, 11) is 5.84. The number of carbonyl (C=O) groups is 2. The summed E-state index contributed by atoms with van der Waals surface area (Å²) < 4.78 is 5.86. The summed E-state index contributed by atoms with van der Waals surface area (Å²) in [5.74, 6) is -1.39. The van der Waals surface area contributed by atoms with Gasteiger partial charge < -0.3 is 14.3 Å². The molecule has 1 N–H and O–H groups in total. The van der Waals surface area contributed by atoms with Gasteiger partial charge in [-0.15, -0.1) is 0 Å². The molecule has 0 aliphatic rings. The SMILES string of the molecule is CCCCCCCCCCCC/C=C/C(=O)OC(CC(=O)O)C[N+](C)(C)C. The second kappa shape index (κ2) is 15.7. The maximum absolute atomic E-state index is 11.9. The molecular weight excluding hydrogens is 342 g/mol. The molecule has 0 saturated carbocycles. The molecule has 0 rings (SSSR count). The third-order valence-corrected chi connectivity index (χ3v) is 4.41. The van der Waals surface area contributed by atoms with Crippen LogP contribution < -0.4 is 0 Å². The van der Waals surface area contributed by atoms with Gasteiger partial charge in [-0.3, -0.25) is 4.79 Å². The summed E-state index contributed by atoms with van der Waals surface area (Å²) >= 11 is 0. The third-order valence-electron chi connectivity index (χ3n) is 4.41. The van der Waals surface area contributed by atoms with Gasteiger partial charge in [0.05, 0.1) is 27.6 Å². The van der Waals surface area contributed by atoms with E-state index >= 15 is 0 Å². The number of nitrogens with zero attached hydrogens (tertiary/aromatic N) is 1. The number of quaternary nitrogens is 1. The quantitative estimate of drug-likeness (QED) is 0.167. The summed E-state index contributed by atoms with van der Waals surface area (Å²) in [4.78, 5) is 22.8. The molecule has 0 radical (unpaired) electrons. The van der Waals surface area contributed by atoms with Gasteiger partial charge in [0.2, 0.25) is 0 Å². The Morgan fingerprint density at radius 1 is 0.926 bits per heavy atom. The van der Waals surface area contributed by atoms with Crippen LogP contribution in [0.3, 0.4) is 0 Å². The number of unbranched alkanes of at least 4 members (excludes halogenated alkanes) is 10. The number of ether oxygens (including phenoxy) is 1. The lowest BCUT2D eigenvalue weighted by atomic mass is 10.1. The summed E-state index contributed by atoms with van der Waals surface area (Å²) in [6.45, 7) is 2.72. The largest absolute Gasteiger partial charge is 0.481 e. The Bertz CT molecular complexity index is 427. The third kappa shape index (κ3) is 19.2. The van der Waals surface area contributed by atoms with Crippen LogP contribution in [0.4, 0.5) is 0 Å². The van der Waals surface area contributed by atoms with Gasteiger partial charge in [0.15, 0.2) is 6.10 Å². The molecule has 5 nitrogen and oxygen atoms in total. The lowest BCUT2D eigenvalue weighted by Crippen LogP contribution is -2.43. The number of esters is 1. The summed E-state index contributed by atoms with van der Waals surface area (Å²) in [5, 5.41) is 8.97. The van der Waals surface area contributed by atoms with Crippen LogP contribution in [0.2, 0.25) is 0 Å². The maximum Gasteiger partial charge on any atom is 0.330 e. The smallest absolute Gasteiger partial charge is 0.330 e. The fraction of sp³-hybridized carbons (Fsp3) is 0.818. The average molecular weight is 385 g/mol. The molecule has 0 bridgehead atoms. The second-order valence-corrected chi connectivity index (χ2v) is 8.50. The molecule has 1 atom stereocenters. The number of carbonyl (C=O) groups excluding carboxylic acids is 1. The fourth-order valence-electron chi connectivity index (χ4n) is 3.08. The van der Waals surface area contributed by atoms with Gasteiger partial charge in [0, 0.05) is 6.08 Å². The molecule has 0 heterocycles. The number of carboxylic acids is 1. The van der Waals surface area contributed by atoms with Crippen LogP contribution in [-0.4, -0.2) is 55.3 Å². The van der Waals surface area contributed by atoms with Gasteiger partial charge in [0.25, 0.3) is 0 Å². The van der Waals surface area contributed by atoms with Crippen molar-refractivity contribution in [2.45, 2.75) is 90.1 Å². The van der Waals surface area contributed by atoms with Crippen molar-refractivity contribution < 1.29 is 23.9 Å². The molecule has 0 amide bonds. The first-order chi connectivity index (χ1) is 12.7. The molecule has 0 saturated heterocycles. The molecule has 0 aliphatic carbocycles. The van der Waals surface area contributed by atoms with Crippen molar-refractivity contribution in [2.75, 3.05) is 27.7 Å². The highest BCUT2D eigenvalue weighted by molar-refractivity contribution is 5.82. The van der Waals surface area contributed by atoms with Gasteiger partial charge in [-0.1, -0.05) is 70.8 Å². The van der Waals surface area contributed by atoms with E-state index in [9.17, 15) is 9.59 Å². The van der Waals surface area contributed by atoms with Crippen molar-refractivity contribution in [1.82, 2.24) is 0 Å². The van der Waals surface area contributed by atoms with Gasteiger partial charge in [-0.05, 0) is 12.8 Å². The molecule has 1 unspecified atom stereocenters. The topological polar surface area (TPSA) is 63.6 Å². The Labute approximate surface area is 166 Å². The molecule has 0 aliphatic heterocycles. The zero-order valence-electron chi connectivity index (χ0n) is 18.0. The van der Waals surface area contributed by atoms with E-state index in [4.69, 9.17) is 9.84 Å². The molecule has 0 aromatic heterocycles. The minimum Gasteiger partial charge on any atom is -0.481 e. The van der Waals surface area contributed by atoms with E-state index in [-0.39, 0.29) is 6.42 Å². The first-order valence-corrected chi connectivity index (χ1v) is 10.6. The van der Waals surface area contributed by atoms with Crippen molar-refractivity contribution in [1.29, 1.82) is 0 Å². The van der Waals surface area contributed by atoms with E-state index < -0.39 is 18.0 Å². The minimum atomic E-state index is -0.949. The molecule has 0 spiro atoms. The molecule has 0 fully saturated rings. The number of hydrogen-bond donors (Lipinski definition) is 1. The molecular formula is C22H42NO4+. The van der Waals surface area contributed by atoms with Crippen molar-refractivity contribution in [3.8, 4) is 0 Å². The van der Waals surface area contributed by atoms with Gasteiger partial charge in [-0.2, -0.15) is 0 Å². The highest BCUT2D eigenvalue weighted by atomic mass is 16.5. The lowest BCUT2D eigenvalue weighted by molar-refractivity contribution is -0.873. The standard InChI is InChI=1S/C22H41NO4/c1-5-6-7-8-9-10-11-12-13-14-15-16-17-22(26)27-20(18-21(24)25)19-23(2,3)4/h16-17,20H,5-15,18-19H2,1-4H3/p+1/b17-16+. The number of rotatable bonds is 17. The number of carboxylic acid groups (broad SMARTS) is 1. The van der Waals surface area contributed by atoms with Crippen LogP contribution in [-0.2, 0) is 14.3 Å². The van der Waals surface area contributed by atoms with Crippen LogP contribution in [0.5, 0.6) is 0 Å². The van der Waals surface area contributed by atoms with E-state index in [0.29, 0.717) is 11.0 Å². The van der Waals surface area contributed by atoms with E-state index in [1.165, 1.54) is 63.9 Å². The number of likely N-dealkylation sites (N-methyl/N-ethyl adjacent to an activating group) is 1. The molecule has 0 aromatic carbocycles. The predicted molar refractivity (Wildman–Crippen MR) is 111 cm³/mol. The van der Waals surface area contributed by atoms with Crippen molar-refractivity contribution in [2.24, 2.45) is 0 Å². The first kappa shape index (κ1) is 25.6. The lowest BCUT2D eigenvalue weighted by Gasteiger charge is -2.28. The Kier molecular flexibility index (Phi) is 14.9. The molecule has 5 heteroatoms. The van der Waals surface area contributed by atoms with Crippen LogP contribution >= 0.6 is 0 Å². The first-order valence-electron chi connectivity index (χ1n) is 10.6. The normalized spacial score (nSPS) is 13.0. The second-order valence-electron chi connectivity index (χ2n) is 8.50. The van der Waals surface area contributed by atoms with Crippen LogP contribution in [0, 0.1) is 0 Å². The van der Waals surface area contributed by atoms with Gasteiger partial charge in [0.1, 0.15) is 6.54 Å². The fourth-order valence-corrected chi connectivity index (χ4v) is 3.08. The van der Waals surface area contributed by atoms with Gasteiger partial charge >= 0.3 is 11.9 Å². The van der Waals surface area contributed by atoms with Crippen LogP contribution in [0.25, 0.3) is 0 Å². The molecule has 0 aromatic rings. The summed E-state index contributed by atoms with van der Waals surface area (Å²) in [6, 6.07) is 0. The van der Waals surface area contributed by atoms with Crippen LogP contribution in [0.1, 0.15) is 84.0 Å². The van der Waals surface area contributed by atoms with E-state index in [1.807, 2.05) is 27.2 Å². The highest BCUT2D eigenvalue weighted by Crippen LogP contribution is 2.11. The van der Waals surface area contributed by atoms with Crippen molar-refractivity contribution in [3.63, 3.8) is 0 Å². The maximum atomic E-state index is 11.9. The minimum absolute atomic E-state index is 0.159. The monoisotopic (exact) mass is 384 g/mol. The zero-order chi connectivity index (χ0) is 20.5. The van der Waals surface area contributed by atoms with Crippen molar-refractivity contribution >= 4 is 11.9 Å². The Morgan fingerprint density at radius 2 is 1.44 bits per heavy atom. The van der Waals surface area contributed by atoms with Crippen LogP contribution in [0.15, 0.2) is 12.2 Å².